The van der Waals surface area contributed by atoms with Gasteiger partial charge in [-0.1, -0.05) is 11.6 Å². The second-order valence-corrected chi connectivity index (χ2v) is 5.12. The zero-order valence-electron chi connectivity index (χ0n) is 10.7. The standard InChI is InChI=1S/C13H13ClO5/c1-13(2,3)19-12(17)11(16)18-10(15)8-4-6-9(14)7-5-8/h4-7H,1-3H3. The van der Waals surface area contributed by atoms with E-state index >= 15 is 0 Å². The summed E-state index contributed by atoms with van der Waals surface area (Å²) in [5.41, 5.74) is -0.722. The lowest BCUT2D eigenvalue weighted by atomic mass is 10.2. The first-order valence-electron chi connectivity index (χ1n) is 5.44. The molecule has 0 radical (unpaired) electrons. The van der Waals surface area contributed by atoms with Crippen LogP contribution in [0.4, 0.5) is 0 Å². The maximum Gasteiger partial charge on any atom is 0.425 e. The van der Waals surface area contributed by atoms with Crippen LogP contribution in [0.25, 0.3) is 0 Å². The molecule has 0 saturated heterocycles. The van der Waals surface area contributed by atoms with E-state index in [1.54, 1.807) is 20.8 Å². The van der Waals surface area contributed by atoms with Crippen molar-refractivity contribution in [1.29, 1.82) is 0 Å². The first-order valence-corrected chi connectivity index (χ1v) is 5.82. The molecule has 1 rings (SSSR count). The average Bonchev–Trinajstić information content (AvgIpc) is 2.27. The molecule has 0 saturated carbocycles. The van der Waals surface area contributed by atoms with Crippen LogP contribution in [-0.4, -0.2) is 23.5 Å². The molecule has 1 aromatic carbocycles. The normalized spacial score (nSPS) is 10.7. The lowest BCUT2D eigenvalue weighted by molar-refractivity contribution is -0.171. The average molecular weight is 285 g/mol. The van der Waals surface area contributed by atoms with Gasteiger partial charge in [0.05, 0.1) is 5.56 Å². The first-order chi connectivity index (χ1) is 8.69. The Morgan fingerprint density at radius 2 is 1.53 bits per heavy atom. The minimum atomic E-state index is -1.35. The molecule has 0 amide bonds. The predicted molar refractivity (Wildman–Crippen MR) is 67.7 cm³/mol. The van der Waals surface area contributed by atoms with Crippen molar-refractivity contribution in [3.63, 3.8) is 0 Å². The third-order valence-electron chi connectivity index (χ3n) is 1.83. The first kappa shape index (κ1) is 15.2. The van der Waals surface area contributed by atoms with Crippen LogP contribution in [-0.2, 0) is 19.1 Å². The molecule has 6 heteroatoms. The Balaban J connectivity index is 2.64. The van der Waals surface area contributed by atoms with E-state index in [0.717, 1.165) is 0 Å². The van der Waals surface area contributed by atoms with Crippen molar-refractivity contribution in [1.82, 2.24) is 0 Å². The number of hydrogen-bond donors (Lipinski definition) is 0. The van der Waals surface area contributed by atoms with Crippen molar-refractivity contribution in [3.05, 3.63) is 34.9 Å². The summed E-state index contributed by atoms with van der Waals surface area (Å²) in [4.78, 5) is 34.2. The molecule has 0 spiro atoms. The van der Waals surface area contributed by atoms with Gasteiger partial charge in [-0.3, -0.25) is 0 Å². The molecule has 0 aliphatic heterocycles. The van der Waals surface area contributed by atoms with Gasteiger partial charge in [-0.2, -0.15) is 0 Å². The highest BCUT2D eigenvalue weighted by molar-refractivity contribution is 6.32. The van der Waals surface area contributed by atoms with Gasteiger partial charge >= 0.3 is 17.9 Å². The van der Waals surface area contributed by atoms with Crippen LogP contribution >= 0.6 is 11.6 Å². The van der Waals surface area contributed by atoms with Crippen molar-refractivity contribution in [3.8, 4) is 0 Å². The second-order valence-electron chi connectivity index (χ2n) is 4.69. The Bertz CT molecular complexity index is 499. The highest BCUT2D eigenvalue weighted by Crippen LogP contribution is 2.11. The molecular weight excluding hydrogens is 272 g/mol. The van der Waals surface area contributed by atoms with E-state index in [1.165, 1.54) is 24.3 Å². The molecule has 0 bridgehead atoms. The van der Waals surface area contributed by atoms with Crippen molar-refractivity contribution in [2.24, 2.45) is 0 Å². The quantitative estimate of drug-likeness (QED) is 0.450. The van der Waals surface area contributed by atoms with Gasteiger partial charge < -0.3 is 9.47 Å². The third-order valence-corrected chi connectivity index (χ3v) is 2.08. The molecule has 19 heavy (non-hydrogen) atoms. The summed E-state index contributed by atoms with van der Waals surface area (Å²) >= 11 is 5.65. The molecular formula is C13H13ClO5. The van der Waals surface area contributed by atoms with Gasteiger partial charge in [0.25, 0.3) is 0 Å². The van der Waals surface area contributed by atoms with Gasteiger partial charge in [0.2, 0.25) is 0 Å². The third kappa shape index (κ3) is 5.09. The number of hydrogen-bond acceptors (Lipinski definition) is 5. The van der Waals surface area contributed by atoms with Crippen LogP contribution < -0.4 is 0 Å². The number of ether oxygens (including phenoxy) is 2. The van der Waals surface area contributed by atoms with Gasteiger partial charge in [0, 0.05) is 5.02 Å². The largest absolute Gasteiger partial charge is 0.452 e. The van der Waals surface area contributed by atoms with Crippen LogP contribution in [0.5, 0.6) is 0 Å². The van der Waals surface area contributed by atoms with Crippen LogP contribution in [0.3, 0.4) is 0 Å². The van der Waals surface area contributed by atoms with E-state index in [-0.39, 0.29) is 5.56 Å². The Labute approximate surface area is 115 Å². The van der Waals surface area contributed by atoms with Crippen molar-refractivity contribution in [2.75, 3.05) is 0 Å². The van der Waals surface area contributed by atoms with Gasteiger partial charge in [-0.15, -0.1) is 0 Å². The number of carbonyl (C=O) groups excluding carboxylic acids is 3. The van der Waals surface area contributed by atoms with Crippen molar-refractivity contribution < 1.29 is 23.9 Å². The summed E-state index contributed by atoms with van der Waals surface area (Å²) in [6, 6.07) is 5.70. The number of halogens is 1. The SMILES string of the molecule is CC(C)(C)OC(=O)C(=O)OC(=O)c1ccc(Cl)cc1. The minimum absolute atomic E-state index is 0.112. The van der Waals surface area contributed by atoms with Crippen LogP contribution in [0.2, 0.25) is 5.02 Å². The van der Waals surface area contributed by atoms with E-state index in [0.29, 0.717) is 5.02 Å². The molecule has 0 unspecified atom stereocenters. The van der Waals surface area contributed by atoms with Crippen molar-refractivity contribution >= 4 is 29.5 Å². The Morgan fingerprint density at radius 1 is 1.00 bits per heavy atom. The van der Waals surface area contributed by atoms with Gasteiger partial charge in [-0.25, -0.2) is 14.4 Å². The number of esters is 3. The molecule has 0 aromatic heterocycles. The highest BCUT2D eigenvalue weighted by Gasteiger charge is 2.26. The molecule has 1 aromatic rings. The fraction of sp³-hybridized carbons (Fsp3) is 0.308. The van der Waals surface area contributed by atoms with Crippen LogP contribution in [0.1, 0.15) is 31.1 Å². The predicted octanol–water partition coefficient (Wildman–Crippen LogP) is 2.37. The molecule has 5 nitrogen and oxygen atoms in total. The molecule has 0 heterocycles. The van der Waals surface area contributed by atoms with E-state index in [9.17, 15) is 14.4 Å². The number of benzene rings is 1. The molecule has 102 valence electrons. The maximum atomic E-state index is 11.5. The zero-order valence-corrected chi connectivity index (χ0v) is 11.5. The van der Waals surface area contributed by atoms with E-state index < -0.39 is 23.5 Å². The second kappa shape index (κ2) is 5.84. The topological polar surface area (TPSA) is 69.7 Å². The molecule has 0 N–H and O–H groups in total. The lowest BCUT2D eigenvalue weighted by Gasteiger charge is -2.18. The monoisotopic (exact) mass is 284 g/mol. The molecule has 0 aliphatic rings. The summed E-state index contributed by atoms with van der Waals surface area (Å²) in [5, 5.41) is 0.440. The summed E-state index contributed by atoms with van der Waals surface area (Å²) < 4.78 is 9.16. The van der Waals surface area contributed by atoms with Crippen molar-refractivity contribution in [2.45, 2.75) is 26.4 Å². The van der Waals surface area contributed by atoms with E-state index in [1.807, 2.05) is 0 Å². The van der Waals surface area contributed by atoms with Gasteiger partial charge in [0.1, 0.15) is 5.60 Å². The van der Waals surface area contributed by atoms with Gasteiger partial charge in [0.15, 0.2) is 0 Å². The van der Waals surface area contributed by atoms with Gasteiger partial charge in [-0.05, 0) is 45.0 Å². The number of rotatable bonds is 1. The molecule has 0 atom stereocenters. The smallest absolute Gasteiger partial charge is 0.425 e. The summed E-state index contributed by atoms with van der Waals surface area (Å²) in [5.74, 6) is -3.50. The Kier molecular flexibility index (Phi) is 4.67. The maximum absolute atomic E-state index is 11.5. The summed E-state index contributed by atoms with van der Waals surface area (Å²) in [7, 11) is 0. The van der Waals surface area contributed by atoms with E-state index in [4.69, 9.17) is 16.3 Å². The lowest BCUT2D eigenvalue weighted by Crippen LogP contribution is -2.31. The van der Waals surface area contributed by atoms with Crippen LogP contribution in [0, 0.1) is 0 Å². The highest BCUT2D eigenvalue weighted by atomic mass is 35.5. The zero-order chi connectivity index (χ0) is 14.6. The van der Waals surface area contributed by atoms with Crippen LogP contribution in [0.15, 0.2) is 24.3 Å². The summed E-state index contributed by atoms with van der Waals surface area (Å²) in [6.45, 7) is 4.79. The minimum Gasteiger partial charge on any atom is -0.452 e. The molecule has 0 aliphatic carbocycles. The molecule has 0 fully saturated rings. The Morgan fingerprint density at radius 3 is 2.00 bits per heavy atom. The van der Waals surface area contributed by atoms with E-state index in [2.05, 4.69) is 4.74 Å². The number of carbonyl (C=O) groups is 3. The Hall–Kier alpha value is -1.88. The summed E-state index contributed by atoms with van der Waals surface area (Å²) in [6.07, 6.45) is 0. The fourth-order valence-corrected chi connectivity index (χ4v) is 1.22. The fourth-order valence-electron chi connectivity index (χ4n) is 1.09.